The molecule has 4 N–H and O–H groups in total. The number of nitrogens with two attached hydrogens (primary N) is 1. The maximum absolute atomic E-state index is 14.8. The van der Waals surface area contributed by atoms with Crippen molar-refractivity contribution in [3.05, 3.63) is 59.9 Å². The van der Waals surface area contributed by atoms with Gasteiger partial charge in [-0.15, -0.1) is 0 Å². The standard InChI is InChI=1S/C17H14F2N6O/c1-10(20)5-6-14-23-16(25-24-14)17(18,19)12-4-2-3-11(7-12)15-21-8-13(26)9-22-15/h2-9,20,26H,1H3,(H,23,24,25)/p+1/b6-5-,20-10?. The van der Waals surface area contributed by atoms with Crippen molar-refractivity contribution in [1.82, 2.24) is 25.1 Å². The number of aromatic amines is 1. The van der Waals surface area contributed by atoms with E-state index in [0.29, 0.717) is 11.3 Å². The van der Waals surface area contributed by atoms with Crippen molar-refractivity contribution in [1.29, 1.82) is 0 Å². The lowest BCUT2D eigenvalue weighted by molar-refractivity contribution is -0.112. The van der Waals surface area contributed by atoms with Crippen LogP contribution in [0.2, 0.25) is 0 Å². The van der Waals surface area contributed by atoms with Gasteiger partial charge in [0.25, 0.3) is 0 Å². The molecule has 0 atom stereocenters. The van der Waals surface area contributed by atoms with E-state index in [1.807, 2.05) is 0 Å². The van der Waals surface area contributed by atoms with Crippen LogP contribution in [0.5, 0.6) is 5.75 Å². The number of hydrogen-bond donors (Lipinski definition) is 3. The predicted octanol–water partition coefficient (Wildman–Crippen LogP) is 1.34. The molecular weight excluding hydrogens is 342 g/mol. The molecular formula is C17H15F2N6O+. The summed E-state index contributed by atoms with van der Waals surface area (Å²) in [5.74, 6) is -3.77. The lowest BCUT2D eigenvalue weighted by atomic mass is 10.0. The van der Waals surface area contributed by atoms with Crippen molar-refractivity contribution >= 4 is 11.8 Å². The number of allylic oxidation sites excluding steroid dienone is 1. The first-order valence-electron chi connectivity index (χ1n) is 7.56. The smallest absolute Gasteiger partial charge is 0.331 e. The molecule has 0 aliphatic carbocycles. The summed E-state index contributed by atoms with van der Waals surface area (Å²) < 4.78 is 29.6. The number of nitrogens with zero attached hydrogens (tertiary/aromatic N) is 4. The average Bonchev–Trinajstić information content (AvgIpc) is 3.10. The molecule has 26 heavy (non-hydrogen) atoms. The van der Waals surface area contributed by atoms with Gasteiger partial charge in [-0.2, -0.15) is 13.9 Å². The zero-order valence-electron chi connectivity index (χ0n) is 13.7. The molecule has 0 saturated carbocycles. The first kappa shape index (κ1) is 17.3. The van der Waals surface area contributed by atoms with Crippen LogP contribution in [0.15, 0.2) is 42.7 Å². The molecule has 2 heterocycles. The molecule has 7 nitrogen and oxygen atoms in total. The molecule has 1 aromatic carbocycles. The van der Waals surface area contributed by atoms with Gasteiger partial charge in [0.1, 0.15) is 0 Å². The van der Waals surface area contributed by atoms with E-state index < -0.39 is 11.7 Å². The number of H-pyrrole nitrogens is 1. The Labute approximate surface area is 147 Å². The number of hydrogen-bond acceptors (Lipinski definition) is 5. The number of aromatic nitrogens is 5. The van der Waals surface area contributed by atoms with Gasteiger partial charge in [0.2, 0.25) is 0 Å². The normalized spacial score (nSPS) is 11.8. The van der Waals surface area contributed by atoms with E-state index in [9.17, 15) is 13.9 Å². The number of benzene rings is 1. The summed E-state index contributed by atoms with van der Waals surface area (Å²) in [5, 5.41) is 20.7. The quantitative estimate of drug-likeness (QED) is 0.597. The summed E-state index contributed by atoms with van der Waals surface area (Å²) in [6.07, 6.45) is 5.34. The Morgan fingerprint density at radius 2 is 2.00 bits per heavy atom. The van der Waals surface area contributed by atoms with Crippen molar-refractivity contribution in [3.8, 4) is 17.1 Å². The van der Waals surface area contributed by atoms with Crippen molar-refractivity contribution in [2.24, 2.45) is 0 Å². The maximum Gasteiger partial charge on any atom is 0.331 e. The third-order valence-electron chi connectivity index (χ3n) is 3.42. The highest BCUT2D eigenvalue weighted by atomic mass is 19.3. The second-order valence-electron chi connectivity index (χ2n) is 5.54. The minimum absolute atomic E-state index is 0.0995. The Morgan fingerprint density at radius 1 is 1.27 bits per heavy atom. The van der Waals surface area contributed by atoms with Gasteiger partial charge in [0.15, 0.2) is 28.9 Å². The molecule has 3 rings (SSSR count). The Hall–Kier alpha value is -3.49. The molecule has 0 aliphatic rings. The van der Waals surface area contributed by atoms with Crippen LogP contribution < -0.4 is 5.41 Å². The number of halogens is 2. The van der Waals surface area contributed by atoms with E-state index in [2.05, 4.69) is 25.1 Å². The molecule has 0 radical (unpaired) electrons. The van der Waals surface area contributed by atoms with Gasteiger partial charge in [-0.25, -0.2) is 15.0 Å². The molecule has 132 valence electrons. The molecule has 0 amide bonds. The van der Waals surface area contributed by atoms with Crippen molar-refractivity contribution in [2.45, 2.75) is 12.8 Å². The fourth-order valence-electron chi connectivity index (χ4n) is 2.16. The molecule has 0 saturated heterocycles. The number of nitrogens with one attached hydrogen (secondary N) is 1. The third kappa shape index (κ3) is 3.61. The molecule has 0 unspecified atom stereocenters. The van der Waals surface area contributed by atoms with E-state index in [-0.39, 0.29) is 23.0 Å². The Balaban J connectivity index is 1.93. The first-order chi connectivity index (χ1) is 12.4. The molecule has 0 spiro atoms. The summed E-state index contributed by atoms with van der Waals surface area (Å²) in [7, 11) is 0. The van der Waals surface area contributed by atoms with E-state index in [4.69, 9.17) is 5.41 Å². The topological polar surface area (TPSA) is 113 Å². The SMILES string of the molecule is CC(=[NH2+])/C=C\c1n[nH]c(C(F)(F)c2cccc(-c3ncc(O)cn3)c2)n1. The predicted molar refractivity (Wildman–Crippen MR) is 90.2 cm³/mol. The average molecular weight is 357 g/mol. The Kier molecular flexibility index (Phi) is 4.53. The lowest BCUT2D eigenvalue weighted by Crippen LogP contribution is -2.35. The monoisotopic (exact) mass is 357 g/mol. The second kappa shape index (κ2) is 6.79. The molecule has 9 heteroatoms. The fourth-order valence-corrected chi connectivity index (χ4v) is 2.16. The van der Waals surface area contributed by atoms with E-state index in [1.54, 1.807) is 13.0 Å². The van der Waals surface area contributed by atoms with Crippen LogP contribution in [0.4, 0.5) is 8.78 Å². The zero-order valence-corrected chi connectivity index (χ0v) is 13.7. The molecule has 2 aromatic heterocycles. The number of aromatic hydroxyl groups is 1. The van der Waals surface area contributed by atoms with Gasteiger partial charge < -0.3 is 5.11 Å². The van der Waals surface area contributed by atoms with Crippen molar-refractivity contribution < 1.29 is 19.3 Å². The molecule has 3 aromatic rings. The van der Waals surface area contributed by atoms with Gasteiger partial charge in [0, 0.05) is 24.1 Å². The highest BCUT2D eigenvalue weighted by molar-refractivity contribution is 5.90. The summed E-state index contributed by atoms with van der Waals surface area (Å²) >= 11 is 0. The lowest BCUT2D eigenvalue weighted by Gasteiger charge is -2.14. The number of rotatable bonds is 5. The maximum atomic E-state index is 14.8. The third-order valence-corrected chi connectivity index (χ3v) is 3.42. The van der Waals surface area contributed by atoms with Crippen LogP contribution in [-0.2, 0) is 5.92 Å². The van der Waals surface area contributed by atoms with E-state index in [0.717, 1.165) is 0 Å². The van der Waals surface area contributed by atoms with E-state index >= 15 is 0 Å². The van der Waals surface area contributed by atoms with Gasteiger partial charge in [-0.05, 0) is 12.1 Å². The van der Waals surface area contributed by atoms with Crippen LogP contribution in [0.1, 0.15) is 24.1 Å². The highest BCUT2D eigenvalue weighted by Crippen LogP contribution is 2.35. The Morgan fingerprint density at radius 3 is 2.69 bits per heavy atom. The Bertz CT molecular complexity index is 965. The van der Waals surface area contributed by atoms with Crippen molar-refractivity contribution in [2.75, 3.05) is 0 Å². The van der Waals surface area contributed by atoms with Crippen LogP contribution in [0.3, 0.4) is 0 Å². The van der Waals surface area contributed by atoms with E-state index in [1.165, 1.54) is 42.7 Å². The van der Waals surface area contributed by atoms with Gasteiger partial charge in [0.05, 0.1) is 12.4 Å². The first-order valence-corrected chi connectivity index (χ1v) is 7.56. The molecule has 0 fully saturated rings. The summed E-state index contributed by atoms with van der Waals surface area (Å²) in [4.78, 5) is 11.7. The fraction of sp³-hybridized carbons (Fsp3) is 0.118. The summed E-state index contributed by atoms with van der Waals surface area (Å²) in [5.41, 5.74) is 0.597. The highest BCUT2D eigenvalue weighted by Gasteiger charge is 2.38. The summed E-state index contributed by atoms with van der Waals surface area (Å²) in [6, 6.07) is 5.61. The largest absolute Gasteiger partial charge is 0.505 e. The minimum atomic E-state index is -3.40. The number of alkyl halides is 2. The van der Waals surface area contributed by atoms with Gasteiger partial charge >= 0.3 is 5.92 Å². The van der Waals surface area contributed by atoms with Crippen LogP contribution in [0, 0.1) is 0 Å². The van der Waals surface area contributed by atoms with Crippen LogP contribution in [0.25, 0.3) is 17.5 Å². The molecule has 0 bridgehead atoms. The second-order valence-corrected chi connectivity index (χ2v) is 5.54. The van der Waals surface area contributed by atoms with Crippen LogP contribution in [-0.4, -0.2) is 36.0 Å². The van der Waals surface area contributed by atoms with Crippen LogP contribution >= 0.6 is 0 Å². The van der Waals surface area contributed by atoms with Gasteiger partial charge in [-0.1, -0.05) is 18.2 Å². The summed E-state index contributed by atoms with van der Waals surface area (Å²) in [6.45, 7) is 1.66. The zero-order chi connectivity index (χ0) is 18.7. The van der Waals surface area contributed by atoms with Crippen molar-refractivity contribution in [3.63, 3.8) is 0 Å². The van der Waals surface area contributed by atoms with Gasteiger partial charge in [-0.3, -0.25) is 10.5 Å². The molecule has 0 aliphatic heterocycles. The minimum Gasteiger partial charge on any atom is -0.505 e.